The van der Waals surface area contributed by atoms with Crippen molar-refractivity contribution in [3.63, 3.8) is 0 Å². The van der Waals surface area contributed by atoms with E-state index in [1.165, 1.54) is 0 Å². The summed E-state index contributed by atoms with van der Waals surface area (Å²) in [5.74, 6) is 1.15. The van der Waals surface area contributed by atoms with Gasteiger partial charge in [0.2, 0.25) is 0 Å². The molecule has 0 aromatic rings. The molecule has 0 aliphatic heterocycles. The van der Waals surface area contributed by atoms with Crippen molar-refractivity contribution < 1.29 is 10.2 Å². The molecule has 0 atom stereocenters. The zero-order valence-corrected chi connectivity index (χ0v) is 14.4. The lowest BCUT2D eigenvalue weighted by Gasteiger charge is -2.44. The van der Waals surface area contributed by atoms with Crippen molar-refractivity contribution in [1.29, 1.82) is 0 Å². The van der Waals surface area contributed by atoms with Gasteiger partial charge in [0, 0.05) is 0 Å². The largest absolute Gasteiger partial charge is 0.390 e. The van der Waals surface area contributed by atoms with Gasteiger partial charge in [-0.3, -0.25) is 0 Å². The average molecular weight is 272 g/mol. The highest BCUT2D eigenvalue weighted by Crippen LogP contribution is 2.46. The second-order valence-electron chi connectivity index (χ2n) is 8.67. The first-order valence-corrected chi connectivity index (χ1v) is 7.69. The third kappa shape index (κ3) is 9.45. The summed E-state index contributed by atoms with van der Waals surface area (Å²) < 4.78 is 0. The van der Waals surface area contributed by atoms with E-state index in [0.29, 0.717) is 11.8 Å². The quantitative estimate of drug-likeness (QED) is 0.688. The molecule has 0 spiro atoms. The SMILES string of the molecule is CC(C)CC(CC(C)C)(CC(C)(C)O)CC(C)(C)O. The summed E-state index contributed by atoms with van der Waals surface area (Å²) in [6.07, 6.45) is 3.61. The number of hydrogen-bond acceptors (Lipinski definition) is 2. The average Bonchev–Trinajstić information content (AvgIpc) is 1.89. The minimum absolute atomic E-state index is 0.0127. The number of aliphatic hydroxyl groups is 2. The molecule has 2 nitrogen and oxygen atoms in total. The van der Waals surface area contributed by atoms with Crippen molar-refractivity contribution in [1.82, 2.24) is 0 Å². The summed E-state index contributed by atoms with van der Waals surface area (Å²) in [6.45, 7) is 16.4. The fourth-order valence-corrected chi connectivity index (χ4v) is 4.00. The zero-order chi connectivity index (χ0) is 15.5. The fourth-order valence-electron chi connectivity index (χ4n) is 4.00. The van der Waals surface area contributed by atoms with Gasteiger partial charge in [-0.25, -0.2) is 0 Å². The van der Waals surface area contributed by atoms with Gasteiger partial charge in [0.05, 0.1) is 11.2 Å². The number of rotatable bonds is 8. The molecule has 0 unspecified atom stereocenters. The molecule has 2 heteroatoms. The maximum atomic E-state index is 10.3. The summed E-state index contributed by atoms with van der Waals surface area (Å²) in [7, 11) is 0. The third-order valence-corrected chi connectivity index (χ3v) is 3.30. The molecular weight excluding hydrogens is 236 g/mol. The maximum absolute atomic E-state index is 10.3. The number of hydrogen-bond donors (Lipinski definition) is 2. The predicted octanol–water partition coefficient (Wildman–Crippen LogP) is 4.39. The second-order valence-corrected chi connectivity index (χ2v) is 8.67. The molecule has 0 aromatic heterocycles. The van der Waals surface area contributed by atoms with Crippen molar-refractivity contribution in [2.75, 3.05) is 0 Å². The van der Waals surface area contributed by atoms with Crippen LogP contribution in [0.25, 0.3) is 0 Å². The Morgan fingerprint density at radius 2 is 0.947 bits per heavy atom. The van der Waals surface area contributed by atoms with Gasteiger partial charge in [0.15, 0.2) is 0 Å². The minimum atomic E-state index is -0.685. The zero-order valence-electron chi connectivity index (χ0n) is 14.4. The molecule has 0 saturated heterocycles. The molecule has 0 rings (SSSR count). The van der Waals surface area contributed by atoms with Gasteiger partial charge in [0.1, 0.15) is 0 Å². The smallest absolute Gasteiger partial charge is 0.0597 e. The van der Waals surface area contributed by atoms with Gasteiger partial charge >= 0.3 is 0 Å². The van der Waals surface area contributed by atoms with E-state index in [1.807, 2.05) is 27.7 Å². The van der Waals surface area contributed by atoms with Crippen molar-refractivity contribution >= 4 is 0 Å². The van der Waals surface area contributed by atoms with E-state index in [-0.39, 0.29) is 5.41 Å². The summed E-state index contributed by atoms with van der Waals surface area (Å²) >= 11 is 0. The van der Waals surface area contributed by atoms with Crippen LogP contribution in [0.4, 0.5) is 0 Å². The van der Waals surface area contributed by atoms with Crippen LogP contribution >= 0.6 is 0 Å². The van der Waals surface area contributed by atoms with Crippen LogP contribution in [0.15, 0.2) is 0 Å². The second kappa shape index (κ2) is 6.58. The lowest BCUT2D eigenvalue weighted by Crippen LogP contribution is -2.40. The first kappa shape index (κ1) is 18.9. The van der Waals surface area contributed by atoms with Gasteiger partial charge in [-0.1, -0.05) is 27.7 Å². The van der Waals surface area contributed by atoms with Gasteiger partial charge in [-0.15, -0.1) is 0 Å². The normalized spacial score (nSPS) is 14.5. The monoisotopic (exact) mass is 272 g/mol. The molecule has 116 valence electrons. The fraction of sp³-hybridized carbons (Fsp3) is 1.00. The Hall–Kier alpha value is -0.0800. The molecule has 0 bridgehead atoms. The van der Waals surface area contributed by atoms with E-state index >= 15 is 0 Å². The van der Waals surface area contributed by atoms with Gasteiger partial charge in [-0.2, -0.15) is 0 Å². The standard InChI is InChI=1S/C17H36O2/c1-13(2)9-17(10-14(3)4,11-15(5,6)18)12-16(7,8)19/h13-14,18-19H,9-12H2,1-8H3. The van der Waals surface area contributed by atoms with E-state index < -0.39 is 11.2 Å². The van der Waals surface area contributed by atoms with Crippen LogP contribution in [0.2, 0.25) is 0 Å². The highest BCUT2D eigenvalue weighted by Gasteiger charge is 2.40. The molecule has 0 aromatic carbocycles. The van der Waals surface area contributed by atoms with Crippen molar-refractivity contribution in [3.8, 4) is 0 Å². The summed E-state index contributed by atoms with van der Waals surface area (Å²) in [5, 5.41) is 20.6. The van der Waals surface area contributed by atoms with E-state index in [0.717, 1.165) is 25.7 Å². The van der Waals surface area contributed by atoms with Crippen molar-refractivity contribution in [3.05, 3.63) is 0 Å². The van der Waals surface area contributed by atoms with Crippen LogP contribution in [0.1, 0.15) is 81.1 Å². The Kier molecular flexibility index (Phi) is 6.55. The summed E-state index contributed by atoms with van der Waals surface area (Å²) in [4.78, 5) is 0. The van der Waals surface area contributed by atoms with E-state index in [2.05, 4.69) is 27.7 Å². The van der Waals surface area contributed by atoms with E-state index in [1.54, 1.807) is 0 Å². The van der Waals surface area contributed by atoms with Crippen LogP contribution in [0.5, 0.6) is 0 Å². The van der Waals surface area contributed by atoms with Crippen LogP contribution < -0.4 is 0 Å². The molecule has 0 aliphatic rings. The van der Waals surface area contributed by atoms with E-state index in [9.17, 15) is 10.2 Å². The molecule has 0 saturated carbocycles. The van der Waals surface area contributed by atoms with E-state index in [4.69, 9.17) is 0 Å². The maximum Gasteiger partial charge on any atom is 0.0597 e. The first-order chi connectivity index (χ1) is 8.25. The van der Waals surface area contributed by atoms with Gasteiger partial charge in [0.25, 0.3) is 0 Å². The molecule has 0 amide bonds. The van der Waals surface area contributed by atoms with Crippen LogP contribution in [0.3, 0.4) is 0 Å². The van der Waals surface area contributed by atoms with Gasteiger partial charge in [-0.05, 0) is 70.6 Å². The molecule has 19 heavy (non-hydrogen) atoms. The minimum Gasteiger partial charge on any atom is -0.390 e. The summed E-state index contributed by atoms with van der Waals surface area (Å²) in [6, 6.07) is 0. The summed E-state index contributed by atoms with van der Waals surface area (Å²) in [5.41, 5.74) is -1.36. The molecule has 0 aliphatic carbocycles. The Bertz CT molecular complexity index is 225. The topological polar surface area (TPSA) is 40.5 Å². The van der Waals surface area contributed by atoms with Crippen LogP contribution in [-0.2, 0) is 0 Å². The highest BCUT2D eigenvalue weighted by atomic mass is 16.3. The lowest BCUT2D eigenvalue weighted by atomic mass is 9.64. The highest BCUT2D eigenvalue weighted by molar-refractivity contribution is 4.91. The third-order valence-electron chi connectivity index (χ3n) is 3.30. The molecule has 2 N–H and O–H groups in total. The van der Waals surface area contributed by atoms with Crippen molar-refractivity contribution in [2.45, 2.75) is 92.3 Å². The predicted molar refractivity (Wildman–Crippen MR) is 83.2 cm³/mol. The Morgan fingerprint density at radius 1 is 0.684 bits per heavy atom. The lowest BCUT2D eigenvalue weighted by molar-refractivity contribution is -0.0451. The van der Waals surface area contributed by atoms with Crippen LogP contribution in [0, 0.1) is 17.3 Å². The molecular formula is C17H36O2. The Morgan fingerprint density at radius 3 is 1.11 bits per heavy atom. The molecule has 0 fully saturated rings. The van der Waals surface area contributed by atoms with Gasteiger partial charge < -0.3 is 10.2 Å². The molecule has 0 heterocycles. The Labute approximate surface area is 120 Å². The van der Waals surface area contributed by atoms with Crippen molar-refractivity contribution in [2.24, 2.45) is 17.3 Å². The first-order valence-electron chi connectivity index (χ1n) is 7.69. The van der Waals surface area contributed by atoms with Crippen LogP contribution in [-0.4, -0.2) is 21.4 Å². The molecule has 0 radical (unpaired) electrons. The Balaban J connectivity index is 5.31.